The zero-order valence-corrected chi connectivity index (χ0v) is 41.6. The fraction of sp³-hybridized carbons (Fsp3) is 0.231. The molecule has 2 unspecified atom stereocenters. The second-order valence-corrected chi connectivity index (χ2v) is 24.2. The Bertz CT molecular complexity index is 3780. The van der Waals surface area contributed by atoms with Gasteiger partial charge in [0.2, 0.25) is 0 Å². The SMILES string of the molecule is Cc1cc2c3c(c1)N(c1ccc4c(c1)C(C)(C)c1ccccc1-4)c1sc4c5c1B3c1cc3c(cc1N2c1ccc2c(c1)C(C)(C)C1=C2CCC=C1)OCC3(c1ccccc1)c1ccc(cc1)C(C)(C4)C5. The largest absolute Gasteiger partial charge is 0.492 e. The summed E-state index contributed by atoms with van der Waals surface area (Å²) < 4.78 is 7.14. The zero-order valence-electron chi connectivity index (χ0n) is 40.8. The fourth-order valence-corrected chi connectivity index (χ4v) is 16.8. The zero-order chi connectivity index (χ0) is 46.8. The van der Waals surface area contributed by atoms with Gasteiger partial charge in [-0.2, -0.15) is 0 Å². The molecule has 6 bridgehead atoms. The van der Waals surface area contributed by atoms with Crippen molar-refractivity contribution in [3.63, 3.8) is 0 Å². The Morgan fingerprint density at radius 3 is 2.09 bits per heavy atom. The van der Waals surface area contributed by atoms with Gasteiger partial charge in [0.1, 0.15) is 12.4 Å². The van der Waals surface area contributed by atoms with Crippen LogP contribution in [-0.4, -0.2) is 13.3 Å². The summed E-state index contributed by atoms with van der Waals surface area (Å²) in [4.78, 5) is 6.88. The Morgan fingerprint density at radius 1 is 0.586 bits per heavy atom. The molecule has 8 aromatic rings. The molecule has 2 atom stereocenters. The molecule has 3 nitrogen and oxygen atoms in total. The van der Waals surface area contributed by atoms with E-state index >= 15 is 0 Å². The quantitative estimate of drug-likeness (QED) is 0.164. The average Bonchev–Trinajstić information content (AvgIpc) is 4.13. The van der Waals surface area contributed by atoms with Gasteiger partial charge in [-0.05, 0) is 158 Å². The highest BCUT2D eigenvalue weighted by atomic mass is 32.1. The van der Waals surface area contributed by atoms with Gasteiger partial charge < -0.3 is 14.5 Å². The molecule has 338 valence electrons. The lowest BCUT2D eigenvalue weighted by Gasteiger charge is -2.44. The molecule has 0 N–H and O–H groups in total. The molecule has 0 radical (unpaired) electrons. The number of benzene rings is 7. The minimum atomic E-state index is -0.475. The van der Waals surface area contributed by atoms with E-state index < -0.39 is 5.41 Å². The molecule has 17 rings (SSSR count). The number of allylic oxidation sites excluding steroid dienone is 4. The molecule has 5 aliphatic heterocycles. The topological polar surface area (TPSA) is 15.7 Å². The van der Waals surface area contributed by atoms with Crippen molar-refractivity contribution in [2.45, 2.75) is 88.9 Å². The van der Waals surface area contributed by atoms with E-state index in [0.717, 1.165) is 31.4 Å². The highest BCUT2D eigenvalue weighted by Gasteiger charge is 2.53. The summed E-state index contributed by atoms with van der Waals surface area (Å²) >= 11 is 2.06. The molecule has 0 saturated heterocycles. The van der Waals surface area contributed by atoms with E-state index in [1.807, 2.05) is 0 Å². The summed E-state index contributed by atoms with van der Waals surface area (Å²) in [5.74, 6) is 0.981. The summed E-state index contributed by atoms with van der Waals surface area (Å²) in [6.45, 7) is 15.1. The van der Waals surface area contributed by atoms with E-state index in [9.17, 15) is 0 Å². The van der Waals surface area contributed by atoms with Crippen molar-refractivity contribution in [3.8, 4) is 16.9 Å². The third-order valence-electron chi connectivity index (χ3n) is 18.6. The maximum Gasteiger partial charge on any atom is 0.253 e. The van der Waals surface area contributed by atoms with Gasteiger partial charge in [-0.25, -0.2) is 0 Å². The summed E-state index contributed by atoms with van der Waals surface area (Å²) in [7, 11) is 0. The maximum absolute atomic E-state index is 7.14. The van der Waals surface area contributed by atoms with Crippen LogP contribution in [0.3, 0.4) is 0 Å². The maximum atomic E-state index is 7.14. The standard InChI is InChI=1S/C65H53BN2OS/c1-37-28-55-60-56(29-37)68(42-25-27-46-44-17-11-13-19-49(44)63(4,5)51(46)31-42)61-59-47-34-64(6,35-58(47)70-61)38-20-22-40(23-21-38)65(39-14-8-7-9-15-39)36-69-57-33-54(53(66(59)60)32-52(57)65)67(55)41-24-26-45-43-16-10-12-18-48(43)62(2,3)50(45)30-41/h7-9,11-15,17-33H,10,16,34-36H2,1-6H3. The van der Waals surface area contributed by atoms with E-state index in [4.69, 9.17) is 4.74 Å². The first kappa shape index (κ1) is 40.0. The lowest BCUT2D eigenvalue weighted by Crippen LogP contribution is -2.62. The van der Waals surface area contributed by atoms with Crippen molar-refractivity contribution < 1.29 is 4.74 Å². The summed E-state index contributed by atoms with van der Waals surface area (Å²) in [5.41, 5.74) is 29.3. The lowest BCUT2D eigenvalue weighted by atomic mass is 9.33. The van der Waals surface area contributed by atoms with Crippen molar-refractivity contribution in [3.05, 3.63) is 218 Å². The van der Waals surface area contributed by atoms with E-state index in [1.165, 1.54) is 127 Å². The number of hydrogen-bond donors (Lipinski definition) is 0. The molecule has 6 heterocycles. The Hall–Kier alpha value is -6.82. The van der Waals surface area contributed by atoms with Crippen LogP contribution in [0.15, 0.2) is 157 Å². The minimum Gasteiger partial charge on any atom is -0.492 e. The molecule has 0 spiro atoms. The number of thiophene rings is 1. The first-order chi connectivity index (χ1) is 33.9. The van der Waals surface area contributed by atoms with Crippen molar-refractivity contribution in [2.24, 2.45) is 0 Å². The van der Waals surface area contributed by atoms with Gasteiger partial charge in [-0.1, -0.05) is 144 Å². The van der Waals surface area contributed by atoms with Crippen molar-refractivity contribution in [1.29, 1.82) is 0 Å². The van der Waals surface area contributed by atoms with Crippen molar-refractivity contribution in [1.82, 2.24) is 0 Å². The molecule has 0 saturated carbocycles. The molecule has 4 aliphatic carbocycles. The highest BCUT2D eigenvalue weighted by Crippen LogP contribution is 2.58. The molecule has 9 aliphatic rings. The van der Waals surface area contributed by atoms with Gasteiger partial charge in [0.25, 0.3) is 6.71 Å². The van der Waals surface area contributed by atoms with E-state index in [1.54, 1.807) is 5.56 Å². The molecular weight excluding hydrogens is 868 g/mol. The monoisotopic (exact) mass is 920 g/mol. The van der Waals surface area contributed by atoms with E-state index in [2.05, 4.69) is 214 Å². The minimum absolute atomic E-state index is 0.0215. The molecule has 0 amide bonds. The normalized spacial score (nSPS) is 22.1. The number of nitrogens with zero attached hydrogens (tertiary/aromatic N) is 2. The molecule has 70 heavy (non-hydrogen) atoms. The van der Waals surface area contributed by atoms with Crippen LogP contribution in [0.2, 0.25) is 0 Å². The Kier molecular flexibility index (Phi) is 7.49. The fourth-order valence-electron chi connectivity index (χ4n) is 15.2. The number of ether oxygens (including phenoxy) is 1. The van der Waals surface area contributed by atoms with Gasteiger partial charge in [0.15, 0.2) is 0 Å². The highest BCUT2D eigenvalue weighted by molar-refractivity contribution is 7.20. The first-order valence-electron chi connectivity index (χ1n) is 25.6. The smallest absolute Gasteiger partial charge is 0.253 e. The molecule has 1 aromatic heterocycles. The van der Waals surface area contributed by atoms with Crippen LogP contribution in [0.25, 0.3) is 16.7 Å². The van der Waals surface area contributed by atoms with Crippen LogP contribution in [0.5, 0.6) is 5.75 Å². The number of anilines is 6. The molecule has 0 fully saturated rings. The predicted octanol–water partition coefficient (Wildman–Crippen LogP) is 13.9. The van der Waals surface area contributed by atoms with Crippen LogP contribution in [0.1, 0.15) is 108 Å². The summed E-state index contributed by atoms with van der Waals surface area (Å²) in [5, 5.41) is 1.38. The molecule has 5 heteroatoms. The van der Waals surface area contributed by atoms with E-state index in [-0.39, 0.29) is 23.0 Å². The third kappa shape index (κ3) is 4.79. The van der Waals surface area contributed by atoms with Crippen LogP contribution >= 0.6 is 11.3 Å². The molecule has 7 aromatic carbocycles. The van der Waals surface area contributed by atoms with Crippen LogP contribution in [0.4, 0.5) is 33.4 Å². The average molecular weight is 921 g/mol. The van der Waals surface area contributed by atoms with Gasteiger partial charge in [-0.15, -0.1) is 11.3 Å². The summed E-state index contributed by atoms with van der Waals surface area (Å²) in [6, 6.07) is 54.9. The number of hydrogen-bond acceptors (Lipinski definition) is 4. The van der Waals surface area contributed by atoms with Crippen LogP contribution < -0.4 is 30.9 Å². The number of fused-ring (bicyclic) bond motifs is 7. The first-order valence-corrected chi connectivity index (χ1v) is 26.4. The van der Waals surface area contributed by atoms with Crippen molar-refractivity contribution >= 4 is 73.4 Å². The van der Waals surface area contributed by atoms with Crippen LogP contribution in [0, 0.1) is 6.92 Å². The Balaban J connectivity index is 1.01. The lowest BCUT2D eigenvalue weighted by molar-refractivity contribution is 0.313. The van der Waals surface area contributed by atoms with E-state index in [0.29, 0.717) is 6.61 Å². The number of aryl methyl sites for hydroxylation is 1. The molecular formula is C65H53BN2OS. The van der Waals surface area contributed by atoms with Gasteiger partial charge >= 0.3 is 0 Å². The van der Waals surface area contributed by atoms with Gasteiger partial charge in [0.05, 0.1) is 10.4 Å². The second kappa shape index (κ2) is 13.1. The number of rotatable bonds is 3. The summed E-state index contributed by atoms with van der Waals surface area (Å²) in [6.07, 6.45) is 9.04. The van der Waals surface area contributed by atoms with Crippen LogP contribution in [-0.2, 0) is 34.5 Å². The Labute approximate surface area is 415 Å². The predicted molar refractivity (Wildman–Crippen MR) is 292 cm³/mol. The Morgan fingerprint density at radius 2 is 1.27 bits per heavy atom. The van der Waals surface area contributed by atoms with Gasteiger partial charge in [0, 0.05) is 61.2 Å². The van der Waals surface area contributed by atoms with Crippen molar-refractivity contribution in [2.75, 3.05) is 16.4 Å². The van der Waals surface area contributed by atoms with Gasteiger partial charge in [-0.3, -0.25) is 0 Å². The third-order valence-corrected chi connectivity index (χ3v) is 19.9. The second-order valence-electron chi connectivity index (χ2n) is 23.1.